The molecule has 0 aromatic heterocycles. The summed E-state index contributed by atoms with van der Waals surface area (Å²) in [5.41, 5.74) is 4.62. The summed E-state index contributed by atoms with van der Waals surface area (Å²) in [5.74, 6) is -0.897. The van der Waals surface area contributed by atoms with Crippen molar-refractivity contribution in [3.63, 3.8) is 0 Å². The summed E-state index contributed by atoms with van der Waals surface area (Å²) in [6, 6.07) is 0. The van der Waals surface area contributed by atoms with E-state index in [2.05, 4.69) is 6.58 Å². The summed E-state index contributed by atoms with van der Waals surface area (Å²) in [6.07, 6.45) is 0.126. The third-order valence-electron chi connectivity index (χ3n) is 1.75. The van der Waals surface area contributed by atoms with Crippen LogP contribution < -0.4 is 5.73 Å². The SMILES string of the molecule is C=C(C(N)=O)C(CC(C)C)S(=O)(=O)O. The quantitative estimate of drug-likeness (QED) is 0.516. The van der Waals surface area contributed by atoms with Gasteiger partial charge in [0.2, 0.25) is 5.91 Å². The van der Waals surface area contributed by atoms with Crippen LogP contribution in [0, 0.1) is 5.92 Å². The average molecular weight is 221 g/mol. The molecule has 3 N–H and O–H groups in total. The molecule has 0 radical (unpaired) electrons. The molecular weight excluding hydrogens is 206 g/mol. The second-order valence-electron chi connectivity index (χ2n) is 3.52. The monoisotopic (exact) mass is 221 g/mol. The van der Waals surface area contributed by atoms with E-state index in [1.807, 2.05) is 0 Å². The Hall–Kier alpha value is -0.880. The van der Waals surface area contributed by atoms with Gasteiger partial charge in [0, 0.05) is 5.57 Å². The first-order valence-electron chi connectivity index (χ1n) is 4.11. The highest BCUT2D eigenvalue weighted by Gasteiger charge is 2.29. The van der Waals surface area contributed by atoms with Crippen LogP contribution in [0.3, 0.4) is 0 Å². The average Bonchev–Trinajstić information content (AvgIpc) is 1.96. The summed E-state index contributed by atoms with van der Waals surface area (Å²) in [4.78, 5) is 10.7. The maximum absolute atomic E-state index is 10.9. The van der Waals surface area contributed by atoms with Crippen molar-refractivity contribution in [2.75, 3.05) is 0 Å². The third-order valence-corrected chi connectivity index (χ3v) is 2.95. The lowest BCUT2D eigenvalue weighted by Crippen LogP contribution is -2.31. The number of rotatable bonds is 5. The lowest BCUT2D eigenvalue weighted by molar-refractivity contribution is -0.114. The van der Waals surface area contributed by atoms with E-state index in [1.165, 1.54) is 0 Å². The number of carbonyl (C=O) groups is 1. The fourth-order valence-electron chi connectivity index (χ4n) is 1.03. The molecule has 0 bridgehead atoms. The first-order valence-corrected chi connectivity index (χ1v) is 5.61. The minimum absolute atomic E-state index is 0.0121. The van der Waals surface area contributed by atoms with Crippen molar-refractivity contribution in [2.24, 2.45) is 11.7 Å². The van der Waals surface area contributed by atoms with Gasteiger partial charge in [0.05, 0.1) is 0 Å². The highest BCUT2D eigenvalue weighted by molar-refractivity contribution is 7.86. The van der Waals surface area contributed by atoms with Crippen LogP contribution >= 0.6 is 0 Å². The minimum atomic E-state index is -4.30. The fraction of sp³-hybridized carbons (Fsp3) is 0.625. The number of hydrogen-bond donors (Lipinski definition) is 2. The molecular formula is C8H15NO4S. The van der Waals surface area contributed by atoms with Crippen molar-refractivity contribution in [1.29, 1.82) is 0 Å². The lowest BCUT2D eigenvalue weighted by atomic mass is 10.0. The van der Waals surface area contributed by atoms with Crippen LogP contribution in [0.5, 0.6) is 0 Å². The van der Waals surface area contributed by atoms with Crippen LogP contribution in [0.4, 0.5) is 0 Å². The Morgan fingerprint density at radius 1 is 1.50 bits per heavy atom. The Bertz CT molecular complexity index is 331. The van der Waals surface area contributed by atoms with E-state index in [-0.39, 0.29) is 17.9 Å². The number of carbonyl (C=O) groups excluding carboxylic acids is 1. The van der Waals surface area contributed by atoms with Crippen molar-refractivity contribution in [3.8, 4) is 0 Å². The summed E-state index contributed by atoms with van der Waals surface area (Å²) in [7, 11) is -4.30. The van der Waals surface area contributed by atoms with Gasteiger partial charge in [-0.05, 0) is 12.3 Å². The van der Waals surface area contributed by atoms with Crippen molar-refractivity contribution in [3.05, 3.63) is 12.2 Å². The predicted molar refractivity (Wildman–Crippen MR) is 53.1 cm³/mol. The Labute approximate surface area is 83.7 Å². The molecule has 0 aliphatic carbocycles. The van der Waals surface area contributed by atoms with E-state index in [9.17, 15) is 13.2 Å². The summed E-state index contributed by atoms with van der Waals surface area (Å²) in [6.45, 7) is 6.80. The highest BCUT2D eigenvalue weighted by atomic mass is 32.2. The molecule has 6 heteroatoms. The zero-order chi connectivity index (χ0) is 11.5. The van der Waals surface area contributed by atoms with Crippen molar-refractivity contribution in [1.82, 2.24) is 0 Å². The molecule has 0 saturated heterocycles. The second-order valence-corrected chi connectivity index (χ2v) is 5.12. The first-order chi connectivity index (χ1) is 6.16. The molecule has 1 amide bonds. The van der Waals surface area contributed by atoms with E-state index < -0.39 is 21.3 Å². The molecule has 1 unspecified atom stereocenters. The molecule has 0 saturated carbocycles. The molecule has 0 aliphatic heterocycles. The molecule has 0 rings (SSSR count). The van der Waals surface area contributed by atoms with Crippen LogP contribution in [-0.4, -0.2) is 24.1 Å². The Morgan fingerprint density at radius 3 is 2.14 bits per heavy atom. The smallest absolute Gasteiger partial charge is 0.272 e. The van der Waals surface area contributed by atoms with Gasteiger partial charge in [0.1, 0.15) is 5.25 Å². The minimum Gasteiger partial charge on any atom is -0.366 e. The Morgan fingerprint density at radius 2 is 1.93 bits per heavy atom. The molecule has 0 fully saturated rings. The maximum atomic E-state index is 10.9. The zero-order valence-corrected chi connectivity index (χ0v) is 9.04. The van der Waals surface area contributed by atoms with Gasteiger partial charge in [-0.3, -0.25) is 9.35 Å². The van der Waals surface area contributed by atoms with Gasteiger partial charge in [0.25, 0.3) is 10.1 Å². The summed E-state index contributed by atoms with van der Waals surface area (Å²) in [5, 5.41) is -1.29. The predicted octanol–water partition coefficient (Wildman–Crippen LogP) is 0.330. The van der Waals surface area contributed by atoms with Gasteiger partial charge >= 0.3 is 0 Å². The van der Waals surface area contributed by atoms with Gasteiger partial charge in [-0.15, -0.1) is 0 Å². The van der Waals surface area contributed by atoms with Crippen molar-refractivity contribution < 1.29 is 17.8 Å². The molecule has 14 heavy (non-hydrogen) atoms. The first kappa shape index (κ1) is 13.1. The molecule has 82 valence electrons. The van der Waals surface area contributed by atoms with Crippen molar-refractivity contribution in [2.45, 2.75) is 25.5 Å². The van der Waals surface area contributed by atoms with Crippen LogP contribution in [0.2, 0.25) is 0 Å². The van der Waals surface area contributed by atoms with E-state index in [1.54, 1.807) is 13.8 Å². The van der Waals surface area contributed by atoms with E-state index in [0.29, 0.717) is 0 Å². The molecule has 1 atom stereocenters. The molecule has 0 aliphatic rings. The third kappa shape index (κ3) is 3.89. The van der Waals surface area contributed by atoms with Gasteiger partial charge in [-0.2, -0.15) is 8.42 Å². The Balaban J connectivity index is 4.93. The van der Waals surface area contributed by atoms with Crippen LogP contribution in [0.1, 0.15) is 20.3 Å². The van der Waals surface area contributed by atoms with Gasteiger partial charge in [0.15, 0.2) is 0 Å². The summed E-state index contributed by atoms with van der Waals surface area (Å²) < 4.78 is 30.6. The van der Waals surface area contributed by atoms with Gasteiger partial charge in [-0.1, -0.05) is 20.4 Å². The highest BCUT2D eigenvalue weighted by Crippen LogP contribution is 2.18. The maximum Gasteiger partial charge on any atom is 0.272 e. The van der Waals surface area contributed by atoms with Crippen LogP contribution in [-0.2, 0) is 14.9 Å². The lowest BCUT2D eigenvalue weighted by Gasteiger charge is -2.16. The van der Waals surface area contributed by atoms with E-state index in [0.717, 1.165) is 0 Å². The standard InChI is InChI=1S/C8H15NO4S/c1-5(2)4-7(14(11,12)13)6(3)8(9)10/h5,7H,3-4H2,1-2H3,(H2,9,10)(H,11,12,13). The van der Waals surface area contributed by atoms with E-state index >= 15 is 0 Å². The molecule has 0 heterocycles. The number of primary amides is 1. The molecule has 0 aromatic carbocycles. The van der Waals surface area contributed by atoms with Gasteiger partial charge in [-0.25, -0.2) is 0 Å². The second kappa shape index (κ2) is 4.56. The van der Waals surface area contributed by atoms with Crippen molar-refractivity contribution >= 4 is 16.0 Å². The summed E-state index contributed by atoms with van der Waals surface area (Å²) >= 11 is 0. The number of nitrogens with two attached hydrogens (primary N) is 1. The molecule has 5 nitrogen and oxygen atoms in total. The number of hydrogen-bond acceptors (Lipinski definition) is 3. The Kier molecular flexibility index (Phi) is 4.28. The molecule has 0 aromatic rings. The van der Waals surface area contributed by atoms with Crippen LogP contribution in [0.25, 0.3) is 0 Å². The van der Waals surface area contributed by atoms with Crippen LogP contribution in [0.15, 0.2) is 12.2 Å². The van der Waals surface area contributed by atoms with E-state index in [4.69, 9.17) is 10.3 Å². The topological polar surface area (TPSA) is 97.5 Å². The number of amides is 1. The fourth-order valence-corrected chi connectivity index (χ4v) is 2.13. The zero-order valence-electron chi connectivity index (χ0n) is 8.23. The normalized spacial score (nSPS) is 14.0. The van der Waals surface area contributed by atoms with Gasteiger partial charge < -0.3 is 5.73 Å². The molecule has 0 spiro atoms. The largest absolute Gasteiger partial charge is 0.366 e.